The smallest absolute Gasteiger partial charge is 0.277 e. The van der Waals surface area contributed by atoms with Crippen LogP contribution in [0, 0.1) is 6.92 Å². The molecule has 0 fully saturated rings. The fraction of sp³-hybridized carbons (Fsp3) is 0.0588. The normalized spacial score (nSPS) is 10.9. The molecule has 3 aromatic heterocycles. The predicted octanol–water partition coefficient (Wildman–Crippen LogP) is 3.41. The van der Waals surface area contributed by atoms with Gasteiger partial charge in [-0.2, -0.15) is 0 Å². The summed E-state index contributed by atoms with van der Waals surface area (Å²) >= 11 is 1.45. The molecule has 0 unspecified atom stereocenters. The van der Waals surface area contributed by atoms with E-state index < -0.39 is 0 Å². The summed E-state index contributed by atoms with van der Waals surface area (Å²) in [4.78, 5) is 26.2. The highest BCUT2D eigenvalue weighted by Gasteiger charge is 2.15. The highest BCUT2D eigenvalue weighted by atomic mass is 32.1. The van der Waals surface area contributed by atoms with Crippen LogP contribution in [0.25, 0.3) is 16.2 Å². The molecule has 0 saturated heterocycles. The minimum Gasteiger partial charge on any atom is -0.296 e. The molecule has 4 rings (SSSR count). The quantitative estimate of drug-likeness (QED) is 0.623. The van der Waals surface area contributed by atoms with Gasteiger partial charge in [0.15, 0.2) is 5.13 Å². The number of aryl methyl sites for hydroxylation is 1. The third-order valence-electron chi connectivity index (χ3n) is 3.52. The Morgan fingerprint density at radius 2 is 2.00 bits per heavy atom. The minimum absolute atomic E-state index is 0.297. The van der Waals surface area contributed by atoms with Gasteiger partial charge in [-0.25, -0.2) is 15.0 Å². The standard InChI is InChI=1S/C17H13N5OS/c1-11-14(12-6-3-2-4-7-12)24-17(19-11)21-15(23)13-10-22-9-5-8-18-16(22)20-13/h2-10H,1H3,(H,19,21,23). The first-order chi connectivity index (χ1) is 11.7. The second-order valence-corrected chi connectivity index (χ2v) is 6.21. The van der Waals surface area contributed by atoms with Crippen LogP contribution in [0.2, 0.25) is 0 Å². The van der Waals surface area contributed by atoms with Crippen LogP contribution >= 0.6 is 11.3 Å². The number of imidazole rings is 1. The summed E-state index contributed by atoms with van der Waals surface area (Å²) < 4.78 is 1.71. The molecule has 0 saturated carbocycles. The average molecular weight is 335 g/mol. The maximum Gasteiger partial charge on any atom is 0.277 e. The zero-order valence-corrected chi connectivity index (χ0v) is 13.6. The maximum absolute atomic E-state index is 12.4. The lowest BCUT2D eigenvalue weighted by Crippen LogP contribution is -2.12. The van der Waals surface area contributed by atoms with Crippen LogP contribution in [0.1, 0.15) is 16.2 Å². The first-order valence-electron chi connectivity index (χ1n) is 7.34. The SMILES string of the molecule is Cc1nc(NC(=O)c2cn3cccnc3n2)sc1-c1ccccc1. The van der Waals surface area contributed by atoms with Crippen LogP contribution in [-0.4, -0.2) is 25.3 Å². The molecule has 7 heteroatoms. The summed E-state index contributed by atoms with van der Waals surface area (Å²) in [6, 6.07) is 11.8. The molecule has 0 spiro atoms. The van der Waals surface area contributed by atoms with Crippen LogP contribution in [0.15, 0.2) is 55.0 Å². The molecule has 4 aromatic rings. The Hall–Kier alpha value is -3.06. The van der Waals surface area contributed by atoms with Crippen molar-refractivity contribution in [3.63, 3.8) is 0 Å². The lowest BCUT2D eigenvalue weighted by Gasteiger charge is -1.97. The summed E-state index contributed by atoms with van der Waals surface area (Å²) in [5, 5.41) is 3.37. The molecule has 3 heterocycles. The summed E-state index contributed by atoms with van der Waals surface area (Å²) in [6.45, 7) is 1.93. The predicted molar refractivity (Wildman–Crippen MR) is 93.2 cm³/mol. The lowest BCUT2D eigenvalue weighted by molar-refractivity contribution is 0.102. The zero-order chi connectivity index (χ0) is 16.5. The van der Waals surface area contributed by atoms with Crippen molar-refractivity contribution in [2.45, 2.75) is 6.92 Å². The number of hydrogen-bond donors (Lipinski definition) is 1. The van der Waals surface area contributed by atoms with E-state index in [9.17, 15) is 4.79 Å². The van der Waals surface area contributed by atoms with Gasteiger partial charge in [0.2, 0.25) is 5.78 Å². The second-order valence-electron chi connectivity index (χ2n) is 5.21. The van der Waals surface area contributed by atoms with Crippen LogP contribution in [0.5, 0.6) is 0 Å². The fourth-order valence-electron chi connectivity index (χ4n) is 2.41. The van der Waals surface area contributed by atoms with Gasteiger partial charge in [-0.3, -0.25) is 14.5 Å². The summed E-state index contributed by atoms with van der Waals surface area (Å²) in [6.07, 6.45) is 5.09. The Morgan fingerprint density at radius 1 is 1.17 bits per heavy atom. The first-order valence-corrected chi connectivity index (χ1v) is 8.16. The zero-order valence-electron chi connectivity index (χ0n) is 12.8. The number of nitrogens with zero attached hydrogens (tertiary/aromatic N) is 4. The minimum atomic E-state index is -0.297. The van der Waals surface area contributed by atoms with Crippen molar-refractivity contribution in [1.29, 1.82) is 0 Å². The number of carbonyl (C=O) groups excluding carboxylic acids is 1. The molecule has 0 atom stereocenters. The molecule has 0 aliphatic carbocycles. The van der Waals surface area contributed by atoms with E-state index in [2.05, 4.69) is 20.3 Å². The number of thiazole rings is 1. The number of nitrogens with one attached hydrogen (secondary N) is 1. The van der Waals surface area contributed by atoms with E-state index >= 15 is 0 Å². The molecule has 0 bridgehead atoms. The molecule has 6 nitrogen and oxygen atoms in total. The highest BCUT2D eigenvalue weighted by Crippen LogP contribution is 2.32. The van der Waals surface area contributed by atoms with E-state index in [1.54, 1.807) is 29.1 Å². The van der Waals surface area contributed by atoms with E-state index in [0.29, 0.717) is 16.6 Å². The molecule has 0 aliphatic rings. The largest absolute Gasteiger partial charge is 0.296 e. The first kappa shape index (κ1) is 14.5. The van der Waals surface area contributed by atoms with Gasteiger partial charge in [-0.05, 0) is 18.6 Å². The molecular formula is C17H13N5OS. The van der Waals surface area contributed by atoms with Gasteiger partial charge < -0.3 is 0 Å². The Morgan fingerprint density at radius 3 is 2.79 bits per heavy atom. The van der Waals surface area contributed by atoms with Crippen molar-refractivity contribution in [3.05, 3.63) is 66.4 Å². The number of carbonyl (C=O) groups is 1. The fourth-order valence-corrected chi connectivity index (χ4v) is 3.37. The summed E-state index contributed by atoms with van der Waals surface area (Å²) in [5.74, 6) is 0.191. The Kier molecular flexibility index (Phi) is 3.55. The van der Waals surface area contributed by atoms with E-state index in [4.69, 9.17) is 0 Å². The molecule has 1 aromatic carbocycles. The van der Waals surface area contributed by atoms with Gasteiger partial charge in [0.25, 0.3) is 5.91 Å². The molecule has 118 valence electrons. The lowest BCUT2D eigenvalue weighted by atomic mass is 10.2. The van der Waals surface area contributed by atoms with Crippen molar-refractivity contribution in [2.75, 3.05) is 5.32 Å². The van der Waals surface area contributed by atoms with Crippen molar-refractivity contribution in [3.8, 4) is 10.4 Å². The van der Waals surface area contributed by atoms with Gasteiger partial charge in [-0.1, -0.05) is 41.7 Å². The van der Waals surface area contributed by atoms with E-state index in [1.165, 1.54) is 11.3 Å². The number of anilines is 1. The highest BCUT2D eigenvalue weighted by molar-refractivity contribution is 7.19. The maximum atomic E-state index is 12.4. The number of amides is 1. The molecule has 1 amide bonds. The number of hydrogen-bond acceptors (Lipinski definition) is 5. The van der Waals surface area contributed by atoms with Gasteiger partial charge in [0, 0.05) is 18.6 Å². The molecule has 0 radical (unpaired) electrons. The van der Waals surface area contributed by atoms with Gasteiger partial charge in [0.05, 0.1) is 10.6 Å². The average Bonchev–Trinajstić information content (AvgIpc) is 3.19. The second kappa shape index (κ2) is 5.86. The van der Waals surface area contributed by atoms with E-state index in [-0.39, 0.29) is 5.91 Å². The number of fused-ring (bicyclic) bond motifs is 1. The van der Waals surface area contributed by atoms with Crippen molar-refractivity contribution in [2.24, 2.45) is 0 Å². The van der Waals surface area contributed by atoms with Crippen molar-refractivity contribution in [1.82, 2.24) is 19.4 Å². The third-order valence-corrected chi connectivity index (χ3v) is 4.64. The molecular weight excluding hydrogens is 322 g/mol. The van der Waals surface area contributed by atoms with Crippen LogP contribution in [-0.2, 0) is 0 Å². The van der Waals surface area contributed by atoms with Crippen LogP contribution in [0.4, 0.5) is 5.13 Å². The number of rotatable bonds is 3. The molecule has 1 N–H and O–H groups in total. The van der Waals surface area contributed by atoms with Crippen LogP contribution in [0.3, 0.4) is 0 Å². The van der Waals surface area contributed by atoms with Gasteiger partial charge in [0.1, 0.15) is 5.69 Å². The van der Waals surface area contributed by atoms with Gasteiger partial charge >= 0.3 is 0 Å². The molecule has 24 heavy (non-hydrogen) atoms. The van der Waals surface area contributed by atoms with E-state index in [1.807, 2.05) is 37.3 Å². The third kappa shape index (κ3) is 2.65. The summed E-state index contributed by atoms with van der Waals surface area (Å²) in [5.41, 5.74) is 2.28. The van der Waals surface area contributed by atoms with Crippen molar-refractivity contribution < 1.29 is 4.79 Å². The topological polar surface area (TPSA) is 72.2 Å². The Bertz CT molecular complexity index is 989. The Labute approximate surface area is 141 Å². The Balaban J connectivity index is 1.60. The van der Waals surface area contributed by atoms with E-state index in [0.717, 1.165) is 16.1 Å². The molecule has 0 aliphatic heterocycles. The van der Waals surface area contributed by atoms with Crippen LogP contribution < -0.4 is 5.32 Å². The van der Waals surface area contributed by atoms with Gasteiger partial charge in [-0.15, -0.1) is 0 Å². The summed E-state index contributed by atoms with van der Waals surface area (Å²) in [7, 11) is 0. The van der Waals surface area contributed by atoms with Crippen molar-refractivity contribution >= 4 is 28.2 Å². The monoisotopic (exact) mass is 335 g/mol. The number of benzene rings is 1. The number of aromatic nitrogens is 4.